The number of imidazole rings is 1. The average molecular weight is 422 g/mol. The Kier molecular flexibility index (Phi) is 6.33. The van der Waals surface area contributed by atoms with Crippen molar-refractivity contribution in [2.45, 2.75) is 32.9 Å². The van der Waals surface area contributed by atoms with E-state index >= 15 is 0 Å². The standard InChI is InChI=1S/C20H28ClN5O3/c1-20(2,3)29-19(28)23(4)14-18(27)25-9-7-24(8-10-25)12-16-13-26-11-15(21)5-6-17(26)22-16/h5-6,11,13H,7-10,12,14H2,1-4H3. The van der Waals surface area contributed by atoms with E-state index in [2.05, 4.69) is 9.88 Å². The van der Waals surface area contributed by atoms with E-state index in [0.717, 1.165) is 31.0 Å². The van der Waals surface area contributed by atoms with Crippen LogP contribution in [0.1, 0.15) is 26.5 Å². The Morgan fingerprint density at radius 3 is 2.52 bits per heavy atom. The van der Waals surface area contributed by atoms with Crippen LogP contribution in [0.15, 0.2) is 24.5 Å². The molecule has 2 aromatic heterocycles. The number of amides is 2. The van der Waals surface area contributed by atoms with Crippen LogP contribution in [0.4, 0.5) is 4.79 Å². The third-order valence-electron chi connectivity index (χ3n) is 4.65. The fourth-order valence-electron chi connectivity index (χ4n) is 3.19. The number of ether oxygens (including phenoxy) is 1. The summed E-state index contributed by atoms with van der Waals surface area (Å²) in [5.41, 5.74) is 1.25. The largest absolute Gasteiger partial charge is 0.444 e. The molecule has 0 spiro atoms. The van der Waals surface area contributed by atoms with Gasteiger partial charge in [-0.1, -0.05) is 11.6 Å². The predicted octanol–water partition coefficient (Wildman–Crippen LogP) is 2.50. The molecule has 1 fully saturated rings. The molecule has 0 N–H and O–H groups in total. The summed E-state index contributed by atoms with van der Waals surface area (Å²) in [7, 11) is 1.58. The summed E-state index contributed by atoms with van der Waals surface area (Å²) < 4.78 is 7.21. The first-order valence-electron chi connectivity index (χ1n) is 9.68. The molecular weight excluding hydrogens is 394 g/mol. The first kappa shape index (κ1) is 21.4. The minimum absolute atomic E-state index is 0.0160. The van der Waals surface area contributed by atoms with E-state index in [9.17, 15) is 9.59 Å². The zero-order valence-corrected chi connectivity index (χ0v) is 18.1. The van der Waals surface area contributed by atoms with E-state index in [4.69, 9.17) is 16.3 Å². The van der Waals surface area contributed by atoms with Crippen molar-refractivity contribution in [3.63, 3.8) is 0 Å². The summed E-state index contributed by atoms with van der Waals surface area (Å²) in [6.07, 6.45) is 3.33. The van der Waals surface area contributed by atoms with Gasteiger partial charge >= 0.3 is 6.09 Å². The topological polar surface area (TPSA) is 70.4 Å². The number of rotatable bonds is 4. The quantitative estimate of drug-likeness (QED) is 0.758. The Bertz CT molecular complexity index is 884. The zero-order valence-electron chi connectivity index (χ0n) is 17.4. The highest BCUT2D eigenvalue weighted by atomic mass is 35.5. The van der Waals surface area contributed by atoms with Crippen molar-refractivity contribution in [2.24, 2.45) is 0 Å². The van der Waals surface area contributed by atoms with Crippen LogP contribution in [0.2, 0.25) is 5.02 Å². The molecule has 0 aromatic carbocycles. The first-order valence-corrected chi connectivity index (χ1v) is 10.1. The highest BCUT2D eigenvalue weighted by Crippen LogP contribution is 2.14. The van der Waals surface area contributed by atoms with E-state index < -0.39 is 11.7 Å². The minimum atomic E-state index is -0.580. The maximum atomic E-state index is 12.5. The van der Waals surface area contributed by atoms with Crippen LogP contribution < -0.4 is 0 Å². The number of hydrogen-bond acceptors (Lipinski definition) is 5. The van der Waals surface area contributed by atoms with E-state index in [0.29, 0.717) is 18.1 Å². The molecule has 0 atom stereocenters. The van der Waals surface area contributed by atoms with Gasteiger partial charge in [-0.15, -0.1) is 0 Å². The molecule has 3 heterocycles. The highest BCUT2D eigenvalue weighted by Gasteiger charge is 2.25. The molecule has 0 radical (unpaired) electrons. The molecule has 8 nitrogen and oxygen atoms in total. The van der Waals surface area contributed by atoms with Gasteiger partial charge < -0.3 is 18.9 Å². The third kappa shape index (κ3) is 5.83. The maximum absolute atomic E-state index is 12.5. The number of piperazine rings is 1. The predicted molar refractivity (Wildman–Crippen MR) is 111 cm³/mol. The van der Waals surface area contributed by atoms with Crippen molar-refractivity contribution >= 4 is 29.2 Å². The summed E-state index contributed by atoms with van der Waals surface area (Å²) in [6.45, 7) is 8.92. The first-order chi connectivity index (χ1) is 13.6. The molecule has 9 heteroatoms. The SMILES string of the molecule is CN(CC(=O)N1CCN(Cc2cn3cc(Cl)ccc3n2)CC1)C(=O)OC(C)(C)C. The van der Waals surface area contributed by atoms with Crippen LogP contribution >= 0.6 is 11.6 Å². The number of pyridine rings is 1. The van der Waals surface area contributed by atoms with Crippen molar-refractivity contribution in [2.75, 3.05) is 39.8 Å². The molecule has 1 aliphatic rings. The lowest BCUT2D eigenvalue weighted by Gasteiger charge is -2.35. The van der Waals surface area contributed by atoms with Crippen LogP contribution in [0.25, 0.3) is 5.65 Å². The Labute approximate surface area is 176 Å². The van der Waals surface area contributed by atoms with Crippen LogP contribution in [0.3, 0.4) is 0 Å². The number of aromatic nitrogens is 2. The van der Waals surface area contributed by atoms with Gasteiger partial charge in [0.1, 0.15) is 17.8 Å². The summed E-state index contributed by atoms with van der Waals surface area (Å²) >= 11 is 6.02. The normalized spacial score (nSPS) is 15.6. The molecule has 2 aromatic rings. The Morgan fingerprint density at radius 1 is 1.17 bits per heavy atom. The number of carbonyl (C=O) groups excluding carboxylic acids is 2. The maximum Gasteiger partial charge on any atom is 0.410 e. The number of likely N-dealkylation sites (N-methyl/N-ethyl adjacent to an activating group) is 1. The smallest absolute Gasteiger partial charge is 0.410 e. The van der Waals surface area contributed by atoms with Crippen LogP contribution in [0.5, 0.6) is 0 Å². The molecular formula is C20H28ClN5O3. The second-order valence-electron chi connectivity index (χ2n) is 8.34. The van der Waals surface area contributed by atoms with Crippen molar-refractivity contribution < 1.29 is 14.3 Å². The fourth-order valence-corrected chi connectivity index (χ4v) is 3.35. The number of carbonyl (C=O) groups is 2. The summed E-state index contributed by atoms with van der Waals surface area (Å²) in [5.74, 6) is -0.0691. The highest BCUT2D eigenvalue weighted by molar-refractivity contribution is 6.30. The second-order valence-corrected chi connectivity index (χ2v) is 8.77. The average Bonchev–Trinajstić information content (AvgIpc) is 3.02. The Balaban J connectivity index is 1.48. The van der Waals surface area contributed by atoms with E-state index in [1.807, 2.05) is 28.9 Å². The van der Waals surface area contributed by atoms with Crippen molar-refractivity contribution in [1.82, 2.24) is 24.1 Å². The Morgan fingerprint density at radius 2 is 1.86 bits per heavy atom. The fraction of sp³-hybridized carbons (Fsp3) is 0.550. The molecule has 158 valence electrons. The second kappa shape index (κ2) is 8.59. The number of fused-ring (bicyclic) bond motifs is 1. The van der Waals surface area contributed by atoms with E-state index in [1.165, 1.54) is 4.90 Å². The lowest BCUT2D eigenvalue weighted by molar-refractivity contribution is -0.133. The van der Waals surface area contributed by atoms with Gasteiger partial charge in [0, 0.05) is 52.2 Å². The van der Waals surface area contributed by atoms with Gasteiger partial charge in [0.2, 0.25) is 5.91 Å². The summed E-state index contributed by atoms with van der Waals surface area (Å²) in [6, 6.07) is 3.72. The monoisotopic (exact) mass is 421 g/mol. The van der Waals surface area contributed by atoms with Gasteiger partial charge in [0.15, 0.2) is 0 Å². The Hall–Kier alpha value is -2.32. The molecule has 0 aliphatic carbocycles. The molecule has 1 aliphatic heterocycles. The lowest BCUT2D eigenvalue weighted by Crippen LogP contribution is -2.51. The van der Waals surface area contributed by atoms with Gasteiger partial charge in [0.25, 0.3) is 0 Å². The summed E-state index contributed by atoms with van der Waals surface area (Å²) in [5, 5.41) is 0.671. The minimum Gasteiger partial charge on any atom is -0.444 e. The molecule has 0 unspecified atom stereocenters. The van der Waals surface area contributed by atoms with Crippen LogP contribution in [-0.2, 0) is 16.1 Å². The van der Waals surface area contributed by atoms with Gasteiger partial charge in [-0.3, -0.25) is 9.69 Å². The number of nitrogens with zero attached hydrogens (tertiary/aromatic N) is 5. The van der Waals surface area contributed by atoms with Crippen molar-refractivity contribution in [3.8, 4) is 0 Å². The van der Waals surface area contributed by atoms with Gasteiger partial charge in [-0.05, 0) is 32.9 Å². The molecule has 1 saturated heterocycles. The molecule has 0 saturated carbocycles. The summed E-state index contributed by atoms with van der Waals surface area (Å²) in [4.78, 5) is 34.6. The molecule has 29 heavy (non-hydrogen) atoms. The zero-order chi connectivity index (χ0) is 21.2. The molecule has 0 bridgehead atoms. The molecule has 3 rings (SSSR count). The van der Waals surface area contributed by atoms with Crippen molar-refractivity contribution in [1.29, 1.82) is 0 Å². The lowest BCUT2D eigenvalue weighted by atomic mass is 10.2. The van der Waals surface area contributed by atoms with Gasteiger partial charge in [-0.25, -0.2) is 9.78 Å². The van der Waals surface area contributed by atoms with Crippen LogP contribution in [0, 0.1) is 0 Å². The van der Waals surface area contributed by atoms with E-state index in [-0.39, 0.29) is 12.5 Å². The van der Waals surface area contributed by atoms with Gasteiger partial charge in [0.05, 0.1) is 10.7 Å². The van der Waals surface area contributed by atoms with Crippen molar-refractivity contribution in [3.05, 3.63) is 35.2 Å². The van der Waals surface area contributed by atoms with Crippen LogP contribution in [-0.4, -0.2) is 81.5 Å². The van der Waals surface area contributed by atoms with E-state index in [1.54, 1.807) is 32.7 Å². The van der Waals surface area contributed by atoms with Gasteiger partial charge in [-0.2, -0.15) is 0 Å². The third-order valence-corrected chi connectivity index (χ3v) is 4.88. The number of halogens is 1. The number of hydrogen-bond donors (Lipinski definition) is 0. The molecule has 2 amide bonds.